The Balaban J connectivity index is 2.69. The lowest BCUT2D eigenvalue weighted by molar-refractivity contribution is -0.117. The van der Waals surface area contributed by atoms with Crippen LogP contribution in [0.3, 0.4) is 0 Å². The van der Waals surface area contributed by atoms with Crippen molar-refractivity contribution in [2.75, 3.05) is 7.11 Å². The van der Waals surface area contributed by atoms with E-state index in [1.54, 1.807) is 13.4 Å². The smallest absolute Gasteiger partial charge is 0.161 e. The van der Waals surface area contributed by atoms with Crippen molar-refractivity contribution in [3.8, 4) is 0 Å². The fraction of sp³-hybridized carbons (Fsp3) is 0.545. The molecule has 0 bridgehead atoms. The van der Waals surface area contributed by atoms with Gasteiger partial charge in [0.1, 0.15) is 0 Å². The van der Waals surface area contributed by atoms with E-state index in [-0.39, 0.29) is 5.78 Å². The molecule has 0 N–H and O–H groups in total. The number of ketones is 1. The molecular formula is C11H16O2. The third-order valence-electron chi connectivity index (χ3n) is 2.50. The summed E-state index contributed by atoms with van der Waals surface area (Å²) in [5, 5.41) is 0. The van der Waals surface area contributed by atoms with E-state index in [0.29, 0.717) is 12.3 Å². The van der Waals surface area contributed by atoms with E-state index >= 15 is 0 Å². The molecular weight excluding hydrogens is 164 g/mol. The van der Waals surface area contributed by atoms with Crippen LogP contribution >= 0.6 is 0 Å². The topological polar surface area (TPSA) is 26.3 Å². The zero-order chi connectivity index (χ0) is 9.84. The first-order valence-electron chi connectivity index (χ1n) is 4.55. The minimum Gasteiger partial charge on any atom is -0.504 e. The molecule has 2 nitrogen and oxygen atoms in total. The normalized spacial score (nSPS) is 26.2. The van der Waals surface area contributed by atoms with Gasteiger partial charge in [0, 0.05) is 12.0 Å². The zero-order valence-corrected chi connectivity index (χ0v) is 8.30. The van der Waals surface area contributed by atoms with Crippen molar-refractivity contribution in [3.63, 3.8) is 0 Å². The van der Waals surface area contributed by atoms with Crippen molar-refractivity contribution in [1.82, 2.24) is 0 Å². The Hall–Kier alpha value is -1.05. The molecule has 0 aromatic rings. The summed E-state index contributed by atoms with van der Waals surface area (Å²) in [6, 6.07) is 0. The fourth-order valence-corrected chi connectivity index (χ4v) is 1.62. The van der Waals surface area contributed by atoms with Crippen LogP contribution in [0.15, 0.2) is 24.0 Å². The Kier molecular flexibility index (Phi) is 3.29. The van der Waals surface area contributed by atoms with E-state index in [9.17, 15) is 4.79 Å². The lowest BCUT2D eigenvalue weighted by Crippen LogP contribution is -2.17. The van der Waals surface area contributed by atoms with Crippen LogP contribution in [0.25, 0.3) is 0 Å². The van der Waals surface area contributed by atoms with Crippen molar-refractivity contribution in [3.05, 3.63) is 24.0 Å². The highest BCUT2D eigenvalue weighted by molar-refractivity contribution is 5.95. The summed E-state index contributed by atoms with van der Waals surface area (Å²) >= 11 is 0. The molecule has 0 aromatic heterocycles. The van der Waals surface area contributed by atoms with Gasteiger partial charge in [0.2, 0.25) is 0 Å². The Morgan fingerprint density at radius 2 is 2.38 bits per heavy atom. The quantitative estimate of drug-likeness (QED) is 0.370. The maximum absolute atomic E-state index is 11.4. The molecule has 0 heterocycles. The second kappa shape index (κ2) is 4.26. The Morgan fingerprint density at radius 3 is 2.92 bits per heavy atom. The third kappa shape index (κ3) is 2.44. The number of allylic oxidation sites excluding steroid dienone is 2. The summed E-state index contributed by atoms with van der Waals surface area (Å²) in [5.74, 6) is 0.679. The van der Waals surface area contributed by atoms with Gasteiger partial charge < -0.3 is 4.74 Å². The SMILES string of the molecule is C=C(C)C1CCC(=O)C(=COC)C1. The second-order valence-electron chi connectivity index (χ2n) is 3.59. The van der Waals surface area contributed by atoms with Crippen LogP contribution in [0.5, 0.6) is 0 Å². The zero-order valence-electron chi connectivity index (χ0n) is 8.30. The van der Waals surface area contributed by atoms with Gasteiger partial charge in [0.25, 0.3) is 0 Å². The molecule has 1 unspecified atom stereocenters. The van der Waals surface area contributed by atoms with E-state index in [4.69, 9.17) is 4.74 Å². The van der Waals surface area contributed by atoms with E-state index in [2.05, 4.69) is 6.58 Å². The number of methoxy groups -OCH3 is 1. The van der Waals surface area contributed by atoms with Crippen LogP contribution in [0.2, 0.25) is 0 Å². The Morgan fingerprint density at radius 1 is 1.69 bits per heavy atom. The molecule has 2 heteroatoms. The molecule has 0 amide bonds. The molecule has 1 rings (SSSR count). The van der Waals surface area contributed by atoms with Crippen LogP contribution < -0.4 is 0 Å². The van der Waals surface area contributed by atoms with Gasteiger partial charge in [-0.1, -0.05) is 12.2 Å². The van der Waals surface area contributed by atoms with Gasteiger partial charge in [-0.25, -0.2) is 0 Å². The van der Waals surface area contributed by atoms with Gasteiger partial charge in [-0.3, -0.25) is 4.79 Å². The summed E-state index contributed by atoms with van der Waals surface area (Å²) in [6.07, 6.45) is 3.93. The first-order chi connectivity index (χ1) is 6.15. The largest absolute Gasteiger partial charge is 0.504 e. The van der Waals surface area contributed by atoms with E-state index in [1.165, 1.54) is 0 Å². The molecule has 1 saturated carbocycles. The highest BCUT2D eigenvalue weighted by atomic mass is 16.5. The number of hydrogen-bond acceptors (Lipinski definition) is 2. The first-order valence-corrected chi connectivity index (χ1v) is 4.55. The molecule has 1 atom stereocenters. The average Bonchev–Trinajstić information content (AvgIpc) is 2.08. The minimum atomic E-state index is 0.222. The number of Topliss-reactive ketones (excluding diaryl/α,β-unsaturated/α-hetero) is 1. The van der Waals surface area contributed by atoms with E-state index in [0.717, 1.165) is 24.0 Å². The lowest BCUT2D eigenvalue weighted by atomic mass is 9.82. The van der Waals surface area contributed by atoms with Crippen LogP contribution in [0, 0.1) is 5.92 Å². The van der Waals surface area contributed by atoms with Gasteiger partial charge in [-0.05, 0) is 25.7 Å². The molecule has 13 heavy (non-hydrogen) atoms. The van der Waals surface area contributed by atoms with Crippen molar-refractivity contribution < 1.29 is 9.53 Å². The predicted octanol–water partition coefficient (Wildman–Crippen LogP) is 2.46. The second-order valence-corrected chi connectivity index (χ2v) is 3.59. The van der Waals surface area contributed by atoms with Gasteiger partial charge in [0.15, 0.2) is 5.78 Å². The number of hydrogen-bond donors (Lipinski definition) is 0. The maximum Gasteiger partial charge on any atom is 0.161 e. The number of carbonyl (C=O) groups is 1. The highest BCUT2D eigenvalue weighted by Crippen LogP contribution is 2.30. The number of carbonyl (C=O) groups excluding carboxylic acids is 1. The minimum absolute atomic E-state index is 0.222. The van der Waals surface area contributed by atoms with Crippen LogP contribution in [-0.4, -0.2) is 12.9 Å². The summed E-state index contributed by atoms with van der Waals surface area (Å²) < 4.78 is 4.87. The summed E-state index contributed by atoms with van der Waals surface area (Å²) in [6.45, 7) is 5.94. The van der Waals surface area contributed by atoms with Gasteiger partial charge in [0.05, 0.1) is 13.4 Å². The molecule has 0 aromatic carbocycles. The van der Waals surface area contributed by atoms with Crippen LogP contribution in [-0.2, 0) is 9.53 Å². The van der Waals surface area contributed by atoms with Crippen LogP contribution in [0.1, 0.15) is 26.2 Å². The molecule has 0 saturated heterocycles. The fourth-order valence-electron chi connectivity index (χ4n) is 1.62. The lowest BCUT2D eigenvalue weighted by Gasteiger charge is -2.22. The first kappa shape index (κ1) is 10.0. The molecule has 1 aliphatic rings. The number of rotatable bonds is 2. The van der Waals surface area contributed by atoms with Crippen LogP contribution in [0.4, 0.5) is 0 Å². The molecule has 1 aliphatic carbocycles. The van der Waals surface area contributed by atoms with Gasteiger partial charge in [-0.2, -0.15) is 0 Å². The molecule has 0 aliphatic heterocycles. The molecule has 0 spiro atoms. The van der Waals surface area contributed by atoms with Gasteiger partial charge >= 0.3 is 0 Å². The van der Waals surface area contributed by atoms with Crippen molar-refractivity contribution in [1.29, 1.82) is 0 Å². The molecule has 0 radical (unpaired) electrons. The van der Waals surface area contributed by atoms with E-state index in [1.807, 2.05) is 6.92 Å². The van der Waals surface area contributed by atoms with Crippen molar-refractivity contribution in [2.45, 2.75) is 26.2 Å². The monoisotopic (exact) mass is 180 g/mol. The van der Waals surface area contributed by atoms with Gasteiger partial charge in [-0.15, -0.1) is 0 Å². The van der Waals surface area contributed by atoms with Crippen molar-refractivity contribution in [2.24, 2.45) is 5.92 Å². The third-order valence-corrected chi connectivity index (χ3v) is 2.50. The summed E-state index contributed by atoms with van der Waals surface area (Å²) in [7, 11) is 1.57. The predicted molar refractivity (Wildman–Crippen MR) is 52.3 cm³/mol. The summed E-state index contributed by atoms with van der Waals surface area (Å²) in [4.78, 5) is 11.4. The molecule has 72 valence electrons. The average molecular weight is 180 g/mol. The number of ether oxygens (including phenoxy) is 1. The van der Waals surface area contributed by atoms with E-state index < -0.39 is 0 Å². The Bertz CT molecular complexity index is 251. The van der Waals surface area contributed by atoms with Crippen molar-refractivity contribution >= 4 is 5.78 Å². The summed E-state index contributed by atoms with van der Waals surface area (Å²) in [5.41, 5.74) is 1.97. The highest BCUT2D eigenvalue weighted by Gasteiger charge is 2.23. The molecule has 1 fully saturated rings. The standard InChI is InChI=1S/C11H16O2/c1-8(2)9-4-5-11(12)10(6-9)7-13-3/h7,9H,1,4-6H2,2-3H3. The Labute approximate surface area is 79.3 Å². The maximum atomic E-state index is 11.4.